The van der Waals surface area contributed by atoms with E-state index in [1.165, 1.54) is 59.6 Å². The molecule has 1 saturated heterocycles. The number of benzene rings is 2. The fourth-order valence-corrected chi connectivity index (χ4v) is 5.40. The Hall–Kier alpha value is -4.98. The Bertz CT molecular complexity index is 1650. The maximum absolute atomic E-state index is 15.3. The number of carbonyl (C=O) groups excluding carboxylic acids is 4. The third-order valence-electron chi connectivity index (χ3n) is 7.60. The van der Waals surface area contributed by atoms with Crippen LogP contribution in [0.1, 0.15) is 64.2 Å². The van der Waals surface area contributed by atoms with Gasteiger partial charge in [0.25, 0.3) is 0 Å². The molecule has 274 valence electrons. The molecule has 2 heterocycles. The molecule has 0 unspecified atom stereocenters. The second-order valence-corrected chi connectivity index (χ2v) is 14.1. The lowest BCUT2D eigenvalue weighted by atomic mass is 9.82. The fraction of sp³-hybridized carbons (Fsp3) is 0.432. The van der Waals surface area contributed by atoms with Gasteiger partial charge < -0.3 is 29.1 Å². The van der Waals surface area contributed by atoms with Crippen molar-refractivity contribution in [1.29, 1.82) is 0 Å². The largest absolute Gasteiger partial charge is 0.487 e. The number of aldehydes is 1. The lowest BCUT2D eigenvalue weighted by Crippen LogP contribution is -2.55. The van der Waals surface area contributed by atoms with Crippen LogP contribution in [0.2, 0.25) is 0 Å². The molecule has 0 spiro atoms. The van der Waals surface area contributed by atoms with E-state index in [4.69, 9.17) is 18.9 Å². The summed E-state index contributed by atoms with van der Waals surface area (Å²) in [6, 6.07) is 8.27. The number of rotatable bonds is 11. The minimum absolute atomic E-state index is 0.0264. The van der Waals surface area contributed by atoms with E-state index in [0.717, 1.165) is 6.20 Å². The van der Waals surface area contributed by atoms with Gasteiger partial charge in [-0.05, 0) is 76.9 Å². The topological polar surface area (TPSA) is 133 Å². The number of ether oxygens (including phenoxy) is 4. The Morgan fingerprint density at radius 3 is 2.02 bits per heavy atom. The smallest absolute Gasteiger partial charge is 0.411 e. The maximum Gasteiger partial charge on any atom is 0.411 e. The molecule has 3 atom stereocenters. The molecule has 0 radical (unpaired) electrons. The van der Waals surface area contributed by atoms with Crippen LogP contribution in [0.3, 0.4) is 0 Å². The summed E-state index contributed by atoms with van der Waals surface area (Å²) in [4.78, 5) is 56.9. The van der Waals surface area contributed by atoms with Crippen molar-refractivity contribution in [3.8, 4) is 5.75 Å². The standard InChI is InChI=1S/C37H42F3N3O8/c1-36(2,3)50-34(46)42-32(31(22-7-11-25(38)12-8-22)23-9-13-26(39)14-10-23)30(45)15-24-16-41-17-29(40)33(24)49-21-28-18-43(27(19-44)20-48-28)35(47)51-37(4,5)6/h7-14,16-17,19,27-28,31-32H,15,18,20-21H2,1-6H3,(H,42,46)/t27-,28+,32-/m1/s1. The van der Waals surface area contributed by atoms with E-state index in [0.29, 0.717) is 17.4 Å². The van der Waals surface area contributed by atoms with Gasteiger partial charge in [-0.1, -0.05) is 24.3 Å². The van der Waals surface area contributed by atoms with Crippen molar-refractivity contribution in [2.75, 3.05) is 19.8 Å². The first-order chi connectivity index (χ1) is 23.9. The number of alkyl carbamates (subject to hydrolysis) is 1. The Morgan fingerprint density at radius 1 is 0.922 bits per heavy atom. The second-order valence-electron chi connectivity index (χ2n) is 14.1. The average Bonchev–Trinajstić information content (AvgIpc) is 3.04. The first-order valence-corrected chi connectivity index (χ1v) is 16.3. The molecule has 0 saturated carbocycles. The number of ketones is 1. The Morgan fingerprint density at radius 2 is 1.49 bits per heavy atom. The molecule has 1 N–H and O–H groups in total. The molecule has 0 aliphatic carbocycles. The second kappa shape index (κ2) is 16.4. The Balaban J connectivity index is 1.63. The quantitative estimate of drug-likeness (QED) is 0.241. The zero-order valence-corrected chi connectivity index (χ0v) is 29.3. The highest BCUT2D eigenvalue weighted by Crippen LogP contribution is 2.32. The number of hydrogen-bond acceptors (Lipinski definition) is 9. The van der Waals surface area contributed by atoms with Crippen molar-refractivity contribution in [3.05, 3.63) is 95.1 Å². The van der Waals surface area contributed by atoms with Gasteiger partial charge in [0, 0.05) is 24.1 Å². The van der Waals surface area contributed by atoms with E-state index in [1.807, 2.05) is 0 Å². The lowest BCUT2D eigenvalue weighted by molar-refractivity contribution is -0.124. The number of nitrogens with zero attached hydrogens (tertiary/aromatic N) is 2. The maximum atomic E-state index is 15.3. The summed E-state index contributed by atoms with van der Waals surface area (Å²) >= 11 is 0. The number of morpholine rings is 1. The van der Waals surface area contributed by atoms with Gasteiger partial charge >= 0.3 is 12.2 Å². The molecule has 2 amide bonds. The van der Waals surface area contributed by atoms with Crippen molar-refractivity contribution < 1.29 is 51.3 Å². The molecule has 11 nitrogen and oxygen atoms in total. The molecule has 1 aliphatic heterocycles. The molecule has 2 aromatic carbocycles. The molecule has 1 aromatic heterocycles. The van der Waals surface area contributed by atoms with E-state index in [2.05, 4.69) is 10.3 Å². The number of aromatic nitrogens is 1. The van der Waals surface area contributed by atoms with Gasteiger partial charge in [0.05, 0.1) is 19.3 Å². The molecule has 3 aromatic rings. The van der Waals surface area contributed by atoms with Crippen LogP contribution in [0.5, 0.6) is 5.75 Å². The minimum Gasteiger partial charge on any atom is -0.487 e. The van der Waals surface area contributed by atoms with Gasteiger partial charge in [-0.25, -0.2) is 22.8 Å². The molecule has 1 aliphatic rings. The zero-order valence-electron chi connectivity index (χ0n) is 29.3. The molecule has 1 fully saturated rings. The third-order valence-corrected chi connectivity index (χ3v) is 7.60. The first-order valence-electron chi connectivity index (χ1n) is 16.3. The van der Waals surface area contributed by atoms with Crippen LogP contribution in [0.4, 0.5) is 22.8 Å². The van der Waals surface area contributed by atoms with Crippen molar-refractivity contribution in [2.45, 2.75) is 83.3 Å². The Labute approximate surface area is 294 Å². The van der Waals surface area contributed by atoms with Crippen LogP contribution in [0.25, 0.3) is 0 Å². The number of hydrogen-bond donors (Lipinski definition) is 1. The summed E-state index contributed by atoms with van der Waals surface area (Å²) in [6.07, 6.45) is -0.244. The number of carbonyl (C=O) groups is 4. The highest BCUT2D eigenvalue weighted by Gasteiger charge is 2.37. The van der Waals surface area contributed by atoms with Crippen LogP contribution >= 0.6 is 0 Å². The molecular formula is C37H42F3N3O8. The van der Waals surface area contributed by atoms with Gasteiger partial charge in [0.15, 0.2) is 17.3 Å². The van der Waals surface area contributed by atoms with Crippen LogP contribution in [-0.4, -0.2) is 83.3 Å². The number of amides is 2. The summed E-state index contributed by atoms with van der Waals surface area (Å²) in [7, 11) is 0. The minimum atomic E-state index is -1.38. The van der Waals surface area contributed by atoms with Gasteiger partial charge in [-0.15, -0.1) is 0 Å². The number of pyridine rings is 1. The van der Waals surface area contributed by atoms with E-state index < -0.39 is 77.1 Å². The average molecular weight is 714 g/mol. The highest BCUT2D eigenvalue weighted by molar-refractivity contribution is 5.91. The van der Waals surface area contributed by atoms with Gasteiger partial charge in [0.2, 0.25) is 0 Å². The molecule has 0 bridgehead atoms. The summed E-state index contributed by atoms with van der Waals surface area (Å²) < 4.78 is 65.7. The van der Waals surface area contributed by atoms with Crippen LogP contribution in [-0.2, 0) is 30.2 Å². The van der Waals surface area contributed by atoms with Crippen LogP contribution < -0.4 is 10.1 Å². The van der Waals surface area contributed by atoms with E-state index in [1.54, 1.807) is 41.5 Å². The first kappa shape index (κ1) is 38.8. The summed E-state index contributed by atoms with van der Waals surface area (Å²) in [5.74, 6) is -3.88. The summed E-state index contributed by atoms with van der Waals surface area (Å²) in [5, 5.41) is 2.63. The van der Waals surface area contributed by atoms with E-state index >= 15 is 4.39 Å². The zero-order chi connectivity index (χ0) is 37.5. The van der Waals surface area contributed by atoms with Gasteiger partial charge in [0.1, 0.15) is 53.9 Å². The fourth-order valence-electron chi connectivity index (χ4n) is 5.40. The monoisotopic (exact) mass is 713 g/mol. The van der Waals surface area contributed by atoms with E-state index in [9.17, 15) is 28.0 Å². The van der Waals surface area contributed by atoms with Crippen LogP contribution in [0.15, 0.2) is 60.9 Å². The number of nitrogens with one attached hydrogen (secondary N) is 1. The summed E-state index contributed by atoms with van der Waals surface area (Å²) in [6.45, 7) is 9.47. The predicted octanol–water partition coefficient (Wildman–Crippen LogP) is 5.92. The molecule has 51 heavy (non-hydrogen) atoms. The van der Waals surface area contributed by atoms with E-state index in [-0.39, 0.29) is 31.1 Å². The van der Waals surface area contributed by atoms with Gasteiger partial charge in [-0.2, -0.15) is 0 Å². The normalized spacial score (nSPS) is 17.0. The predicted molar refractivity (Wildman–Crippen MR) is 179 cm³/mol. The number of Topliss-reactive ketones (excluding diaryl/α,β-unsaturated/α-hetero) is 1. The van der Waals surface area contributed by atoms with Crippen molar-refractivity contribution in [3.63, 3.8) is 0 Å². The third kappa shape index (κ3) is 11.0. The molecule has 14 heteroatoms. The van der Waals surface area contributed by atoms with Crippen LogP contribution in [0, 0.1) is 17.5 Å². The Kier molecular flexibility index (Phi) is 12.5. The lowest BCUT2D eigenvalue weighted by Gasteiger charge is -2.37. The highest BCUT2D eigenvalue weighted by atomic mass is 19.1. The number of halogens is 3. The van der Waals surface area contributed by atoms with Gasteiger partial charge in [-0.3, -0.25) is 14.7 Å². The molecular weight excluding hydrogens is 671 g/mol. The molecule has 4 rings (SSSR count). The summed E-state index contributed by atoms with van der Waals surface area (Å²) in [5.41, 5.74) is -0.886. The van der Waals surface area contributed by atoms with Crippen molar-refractivity contribution in [2.24, 2.45) is 0 Å². The van der Waals surface area contributed by atoms with Crippen molar-refractivity contribution in [1.82, 2.24) is 15.2 Å². The van der Waals surface area contributed by atoms with Crippen molar-refractivity contribution >= 4 is 24.3 Å². The SMILES string of the molecule is CC(C)(C)OC(=O)N[C@H](C(=O)Cc1cncc(F)c1OC[C@@H]1CN(C(=O)OC(C)(C)C)[C@H](C=O)CO1)C(c1ccc(F)cc1)c1ccc(F)cc1.